The van der Waals surface area contributed by atoms with Gasteiger partial charge in [0, 0.05) is 28.0 Å². The number of H-pyrrole nitrogens is 1. The van der Waals surface area contributed by atoms with Crippen LogP contribution in [-0.2, 0) is 0 Å². The number of fused-ring (bicyclic) bond motifs is 1. The van der Waals surface area contributed by atoms with Gasteiger partial charge in [0.05, 0.1) is 5.52 Å². The van der Waals surface area contributed by atoms with Gasteiger partial charge in [-0.2, -0.15) is 0 Å². The summed E-state index contributed by atoms with van der Waals surface area (Å²) in [6.07, 6.45) is 3.47. The maximum atomic E-state index is 6.05. The molecule has 112 valence electrons. The third-order valence-electron chi connectivity index (χ3n) is 3.63. The Morgan fingerprint density at radius 1 is 0.957 bits per heavy atom. The first-order chi connectivity index (χ1) is 11.3. The van der Waals surface area contributed by atoms with Crippen LogP contribution in [0.5, 0.6) is 0 Å². The minimum Gasteiger partial charge on any atom is -0.361 e. The lowest BCUT2D eigenvalue weighted by atomic mass is 10.1. The molecule has 0 aliphatic carbocycles. The van der Waals surface area contributed by atoms with Gasteiger partial charge < -0.3 is 10.3 Å². The lowest BCUT2D eigenvalue weighted by Crippen LogP contribution is -1.96. The molecule has 0 saturated heterocycles. The molecule has 0 amide bonds. The fraction of sp³-hybridized carbons (Fsp3) is 0. The first-order valence-electron chi connectivity index (χ1n) is 7.21. The first kappa shape index (κ1) is 13.8. The summed E-state index contributed by atoms with van der Waals surface area (Å²) in [6, 6.07) is 17.7. The number of anilines is 2. The van der Waals surface area contributed by atoms with Crippen molar-refractivity contribution in [2.24, 2.45) is 0 Å². The van der Waals surface area contributed by atoms with Crippen molar-refractivity contribution >= 4 is 34.0 Å². The molecule has 0 saturated carbocycles. The maximum Gasteiger partial charge on any atom is 0.141 e. The Kier molecular flexibility index (Phi) is 3.44. The molecule has 4 rings (SSSR count). The molecule has 4 nitrogen and oxygen atoms in total. The van der Waals surface area contributed by atoms with Gasteiger partial charge in [-0.1, -0.05) is 23.7 Å². The summed E-state index contributed by atoms with van der Waals surface area (Å²) in [6.45, 7) is 0. The van der Waals surface area contributed by atoms with E-state index < -0.39 is 0 Å². The number of nitrogens with one attached hydrogen (secondary N) is 2. The van der Waals surface area contributed by atoms with Crippen molar-refractivity contribution in [1.82, 2.24) is 15.0 Å². The van der Waals surface area contributed by atoms with E-state index in [1.807, 2.05) is 54.7 Å². The average Bonchev–Trinajstić information content (AvgIpc) is 3.09. The van der Waals surface area contributed by atoms with Gasteiger partial charge in [-0.25, -0.2) is 9.97 Å². The first-order valence-corrected chi connectivity index (χ1v) is 7.58. The second-order valence-corrected chi connectivity index (χ2v) is 5.61. The minimum absolute atomic E-state index is 0.681. The Morgan fingerprint density at radius 2 is 1.91 bits per heavy atom. The molecule has 0 bridgehead atoms. The standard InChI is InChI=1S/C18H13ClN4/c19-13-3-1-4-14(10-13)23-18-15-9-12(16-5-2-8-20-16)6-7-17(15)21-11-22-18/h1-11,20H,(H,21,22,23). The molecular weight excluding hydrogens is 308 g/mol. The van der Waals surface area contributed by atoms with E-state index >= 15 is 0 Å². The molecule has 2 aromatic heterocycles. The number of nitrogens with zero attached hydrogens (tertiary/aromatic N) is 2. The van der Waals surface area contributed by atoms with Gasteiger partial charge in [0.1, 0.15) is 12.1 Å². The predicted octanol–water partition coefficient (Wildman–Crippen LogP) is 5.02. The summed E-state index contributed by atoms with van der Waals surface area (Å²) in [5.41, 5.74) is 3.93. The van der Waals surface area contributed by atoms with Crippen molar-refractivity contribution in [3.8, 4) is 11.3 Å². The molecule has 0 unspecified atom stereocenters. The Labute approximate surface area is 138 Å². The van der Waals surface area contributed by atoms with Gasteiger partial charge in [-0.05, 0) is 48.0 Å². The van der Waals surface area contributed by atoms with Gasteiger partial charge in [0.15, 0.2) is 0 Å². The van der Waals surface area contributed by atoms with Crippen LogP contribution >= 0.6 is 11.6 Å². The summed E-state index contributed by atoms with van der Waals surface area (Å²) >= 11 is 6.05. The van der Waals surface area contributed by atoms with Crippen molar-refractivity contribution in [2.45, 2.75) is 0 Å². The molecule has 0 spiro atoms. The van der Waals surface area contributed by atoms with Gasteiger partial charge in [0.25, 0.3) is 0 Å². The fourth-order valence-electron chi connectivity index (χ4n) is 2.54. The highest BCUT2D eigenvalue weighted by molar-refractivity contribution is 6.30. The monoisotopic (exact) mass is 320 g/mol. The smallest absolute Gasteiger partial charge is 0.141 e. The third kappa shape index (κ3) is 2.76. The third-order valence-corrected chi connectivity index (χ3v) is 3.87. The molecule has 4 aromatic rings. The van der Waals surface area contributed by atoms with Crippen LogP contribution < -0.4 is 5.32 Å². The van der Waals surface area contributed by atoms with Crippen LogP contribution in [0.25, 0.3) is 22.2 Å². The Bertz CT molecular complexity index is 964. The molecule has 0 atom stereocenters. The molecule has 0 fully saturated rings. The van der Waals surface area contributed by atoms with E-state index in [0.717, 1.165) is 33.7 Å². The van der Waals surface area contributed by atoms with E-state index in [4.69, 9.17) is 11.6 Å². The number of aromatic nitrogens is 3. The van der Waals surface area contributed by atoms with E-state index in [-0.39, 0.29) is 0 Å². The van der Waals surface area contributed by atoms with E-state index in [1.165, 1.54) is 0 Å². The van der Waals surface area contributed by atoms with Gasteiger partial charge in [-0.15, -0.1) is 0 Å². The zero-order valence-corrected chi connectivity index (χ0v) is 12.9. The predicted molar refractivity (Wildman–Crippen MR) is 94.1 cm³/mol. The number of halogens is 1. The normalized spacial score (nSPS) is 10.8. The summed E-state index contributed by atoms with van der Waals surface area (Å²) in [5.74, 6) is 0.755. The summed E-state index contributed by atoms with van der Waals surface area (Å²) in [7, 11) is 0. The van der Waals surface area contributed by atoms with Gasteiger partial charge >= 0.3 is 0 Å². The van der Waals surface area contributed by atoms with Gasteiger partial charge in [-0.3, -0.25) is 0 Å². The molecule has 0 radical (unpaired) electrons. The van der Waals surface area contributed by atoms with Crippen molar-refractivity contribution in [2.75, 3.05) is 5.32 Å². The van der Waals surface area contributed by atoms with E-state index in [1.54, 1.807) is 6.33 Å². The van der Waals surface area contributed by atoms with Crippen LogP contribution in [0.15, 0.2) is 67.1 Å². The fourth-order valence-corrected chi connectivity index (χ4v) is 2.73. The summed E-state index contributed by atoms with van der Waals surface area (Å²) < 4.78 is 0. The molecule has 23 heavy (non-hydrogen) atoms. The Hall–Kier alpha value is -2.85. The number of benzene rings is 2. The highest BCUT2D eigenvalue weighted by Gasteiger charge is 2.07. The molecule has 5 heteroatoms. The van der Waals surface area contributed by atoms with Gasteiger partial charge in [0.2, 0.25) is 0 Å². The number of rotatable bonds is 3. The highest BCUT2D eigenvalue weighted by atomic mass is 35.5. The molecule has 2 heterocycles. The zero-order valence-electron chi connectivity index (χ0n) is 12.1. The average molecular weight is 321 g/mol. The summed E-state index contributed by atoms with van der Waals surface area (Å²) in [4.78, 5) is 11.9. The molecule has 0 aliphatic heterocycles. The quantitative estimate of drug-likeness (QED) is 0.557. The van der Waals surface area contributed by atoms with E-state index in [9.17, 15) is 0 Å². The Morgan fingerprint density at radius 3 is 2.74 bits per heavy atom. The second kappa shape index (κ2) is 5.74. The zero-order chi connectivity index (χ0) is 15.6. The van der Waals surface area contributed by atoms with Crippen LogP contribution in [0.1, 0.15) is 0 Å². The molecule has 2 aromatic carbocycles. The molecule has 2 N–H and O–H groups in total. The van der Waals surface area contributed by atoms with Crippen LogP contribution in [0.4, 0.5) is 11.5 Å². The lowest BCUT2D eigenvalue weighted by Gasteiger charge is -2.09. The van der Waals surface area contributed by atoms with Crippen molar-refractivity contribution < 1.29 is 0 Å². The Balaban J connectivity index is 1.81. The molecular formula is C18H13ClN4. The number of aromatic amines is 1. The summed E-state index contributed by atoms with van der Waals surface area (Å²) in [5, 5.41) is 4.95. The number of hydrogen-bond donors (Lipinski definition) is 2. The van der Waals surface area contributed by atoms with Crippen LogP contribution in [0, 0.1) is 0 Å². The lowest BCUT2D eigenvalue weighted by molar-refractivity contribution is 1.22. The molecule has 0 aliphatic rings. The SMILES string of the molecule is Clc1cccc(Nc2ncnc3ccc(-c4ccc[nH]4)cc23)c1. The second-order valence-electron chi connectivity index (χ2n) is 5.17. The maximum absolute atomic E-state index is 6.05. The van der Waals surface area contributed by atoms with Crippen molar-refractivity contribution in [3.05, 3.63) is 72.1 Å². The van der Waals surface area contributed by atoms with E-state index in [0.29, 0.717) is 5.02 Å². The topological polar surface area (TPSA) is 53.6 Å². The van der Waals surface area contributed by atoms with Crippen LogP contribution in [0.3, 0.4) is 0 Å². The van der Waals surface area contributed by atoms with Crippen molar-refractivity contribution in [1.29, 1.82) is 0 Å². The van der Waals surface area contributed by atoms with Crippen molar-refractivity contribution in [3.63, 3.8) is 0 Å². The van der Waals surface area contributed by atoms with Crippen LogP contribution in [-0.4, -0.2) is 15.0 Å². The van der Waals surface area contributed by atoms with Crippen LogP contribution in [0.2, 0.25) is 5.02 Å². The number of hydrogen-bond acceptors (Lipinski definition) is 3. The van der Waals surface area contributed by atoms with E-state index in [2.05, 4.69) is 26.3 Å². The minimum atomic E-state index is 0.681. The largest absolute Gasteiger partial charge is 0.361 e. The highest BCUT2D eigenvalue weighted by Crippen LogP contribution is 2.28.